The summed E-state index contributed by atoms with van der Waals surface area (Å²) in [6, 6.07) is 5.12. The Morgan fingerprint density at radius 3 is 2.73 bits per heavy atom. The van der Waals surface area contributed by atoms with E-state index in [1.165, 1.54) is 10.9 Å². The van der Waals surface area contributed by atoms with Crippen LogP contribution in [0.25, 0.3) is 21.1 Å². The topological polar surface area (TPSA) is 74.0 Å². The molecule has 1 N–H and O–H groups in total. The first-order valence-corrected chi connectivity index (χ1v) is 9.87. The number of hydrogen-bond donors (Lipinski definition) is 1. The monoisotopic (exact) mass is 436 g/mol. The number of carboxylic acids is 1. The molecule has 8 heteroatoms. The first kappa shape index (κ1) is 17.7. The normalized spacial score (nSPS) is 16.5. The number of aromatic carboxylic acids is 1. The molecule has 0 unspecified atom stereocenters. The van der Waals surface area contributed by atoms with Crippen LogP contribution < -0.4 is 5.63 Å². The van der Waals surface area contributed by atoms with Gasteiger partial charge in [0, 0.05) is 52.8 Å². The fraction of sp³-hybridized carbons (Fsp3) is 0.333. The van der Waals surface area contributed by atoms with Gasteiger partial charge in [-0.25, -0.2) is 9.59 Å². The predicted molar refractivity (Wildman–Crippen MR) is 105 cm³/mol. The fourth-order valence-electron chi connectivity index (χ4n) is 3.21. The molecule has 0 saturated carbocycles. The molecule has 0 aliphatic carbocycles. The molecule has 136 valence electrons. The van der Waals surface area contributed by atoms with E-state index in [4.69, 9.17) is 9.52 Å². The second-order valence-electron chi connectivity index (χ2n) is 6.53. The van der Waals surface area contributed by atoms with Gasteiger partial charge in [0.05, 0.1) is 4.70 Å². The molecular weight excluding hydrogens is 420 g/mol. The summed E-state index contributed by atoms with van der Waals surface area (Å²) >= 11 is 5.28. The molecule has 1 aromatic carbocycles. The molecule has 0 spiro atoms. The molecule has 1 saturated heterocycles. The van der Waals surface area contributed by atoms with Gasteiger partial charge in [-0.2, -0.15) is 0 Å². The van der Waals surface area contributed by atoms with Crippen molar-refractivity contribution >= 4 is 54.3 Å². The van der Waals surface area contributed by atoms with Crippen molar-refractivity contribution in [3.8, 4) is 0 Å². The lowest BCUT2D eigenvalue weighted by Gasteiger charge is -2.32. The number of rotatable bonds is 3. The Kier molecular flexibility index (Phi) is 4.60. The lowest BCUT2D eigenvalue weighted by Crippen LogP contribution is -2.43. The van der Waals surface area contributed by atoms with Crippen LogP contribution in [0.3, 0.4) is 0 Å². The van der Waals surface area contributed by atoms with E-state index < -0.39 is 11.6 Å². The standard InChI is InChI=1S/C18H17BrN2O4S/c1-20-4-6-21(7-5-20)9-13-14(19)11-3-2-10-8-12(17(22)23)18(24)25-15(10)16(11)26-13/h2-3,8H,4-7,9H2,1H3,(H,22,23). The lowest BCUT2D eigenvalue weighted by atomic mass is 10.1. The number of halogens is 1. The zero-order chi connectivity index (χ0) is 18.4. The maximum atomic E-state index is 12.0. The van der Waals surface area contributed by atoms with E-state index in [0.29, 0.717) is 11.0 Å². The summed E-state index contributed by atoms with van der Waals surface area (Å²) < 4.78 is 7.26. The van der Waals surface area contributed by atoms with Gasteiger partial charge in [-0.3, -0.25) is 4.90 Å². The van der Waals surface area contributed by atoms with E-state index in [1.54, 1.807) is 17.4 Å². The van der Waals surface area contributed by atoms with Crippen molar-refractivity contribution < 1.29 is 14.3 Å². The average Bonchev–Trinajstić information content (AvgIpc) is 2.93. The molecule has 1 aliphatic heterocycles. The molecule has 3 heterocycles. The van der Waals surface area contributed by atoms with Gasteiger partial charge in [-0.1, -0.05) is 12.1 Å². The summed E-state index contributed by atoms with van der Waals surface area (Å²) in [4.78, 5) is 29.1. The average molecular weight is 437 g/mol. The largest absolute Gasteiger partial charge is 0.477 e. The van der Waals surface area contributed by atoms with Crippen LogP contribution in [0.1, 0.15) is 15.2 Å². The van der Waals surface area contributed by atoms with E-state index in [9.17, 15) is 9.59 Å². The van der Waals surface area contributed by atoms with Crippen molar-refractivity contribution in [1.82, 2.24) is 9.80 Å². The van der Waals surface area contributed by atoms with Crippen LogP contribution in [0.2, 0.25) is 0 Å². The van der Waals surface area contributed by atoms with Crippen LogP contribution in [0.4, 0.5) is 0 Å². The number of thiophene rings is 1. The van der Waals surface area contributed by atoms with E-state index in [2.05, 4.69) is 32.8 Å². The van der Waals surface area contributed by atoms with Crippen molar-refractivity contribution in [2.45, 2.75) is 6.54 Å². The molecule has 0 atom stereocenters. The van der Waals surface area contributed by atoms with Crippen LogP contribution in [-0.2, 0) is 6.54 Å². The summed E-state index contributed by atoms with van der Waals surface area (Å²) in [5.41, 5.74) is -0.708. The Hall–Kier alpha value is -1.74. The van der Waals surface area contributed by atoms with E-state index in [1.807, 2.05) is 6.07 Å². The van der Waals surface area contributed by atoms with Gasteiger partial charge in [0.1, 0.15) is 5.56 Å². The molecule has 1 fully saturated rings. The van der Waals surface area contributed by atoms with Gasteiger partial charge in [0.25, 0.3) is 0 Å². The number of fused-ring (bicyclic) bond motifs is 3. The highest BCUT2D eigenvalue weighted by molar-refractivity contribution is 9.10. The Balaban J connectivity index is 1.78. The number of carboxylic acid groups (broad SMARTS) is 1. The highest BCUT2D eigenvalue weighted by Gasteiger charge is 2.20. The maximum absolute atomic E-state index is 12.0. The first-order valence-electron chi connectivity index (χ1n) is 8.26. The van der Waals surface area contributed by atoms with Crippen molar-refractivity contribution in [2.24, 2.45) is 0 Å². The second kappa shape index (κ2) is 6.77. The van der Waals surface area contributed by atoms with Crippen LogP contribution >= 0.6 is 27.3 Å². The third-order valence-electron chi connectivity index (χ3n) is 4.76. The van der Waals surface area contributed by atoms with E-state index in [-0.39, 0.29) is 5.56 Å². The minimum atomic E-state index is -1.27. The number of piperazine rings is 1. The van der Waals surface area contributed by atoms with Gasteiger partial charge in [0.15, 0.2) is 5.58 Å². The molecule has 1 aliphatic rings. The molecule has 0 amide bonds. The third kappa shape index (κ3) is 3.07. The minimum absolute atomic E-state index is 0.342. The van der Waals surface area contributed by atoms with Gasteiger partial charge >= 0.3 is 11.6 Å². The zero-order valence-corrected chi connectivity index (χ0v) is 16.5. The fourth-order valence-corrected chi connectivity index (χ4v) is 5.27. The zero-order valence-electron chi connectivity index (χ0n) is 14.1. The van der Waals surface area contributed by atoms with Crippen molar-refractivity contribution in [3.05, 3.63) is 43.5 Å². The number of nitrogens with zero attached hydrogens (tertiary/aromatic N) is 2. The molecule has 4 rings (SSSR count). The number of benzene rings is 1. The van der Waals surface area contributed by atoms with Crippen molar-refractivity contribution in [1.29, 1.82) is 0 Å². The molecule has 0 radical (unpaired) electrons. The lowest BCUT2D eigenvalue weighted by molar-refractivity contribution is 0.0692. The quantitative estimate of drug-likeness (QED) is 0.635. The summed E-state index contributed by atoms with van der Waals surface area (Å²) in [7, 11) is 2.13. The van der Waals surface area contributed by atoms with Gasteiger partial charge in [-0.05, 0) is 29.0 Å². The van der Waals surface area contributed by atoms with Gasteiger partial charge in [-0.15, -0.1) is 11.3 Å². The van der Waals surface area contributed by atoms with Crippen molar-refractivity contribution in [2.75, 3.05) is 33.2 Å². The van der Waals surface area contributed by atoms with Crippen LogP contribution in [0, 0.1) is 0 Å². The summed E-state index contributed by atoms with van der Waals surface area (Å²) in [5.74, 6) is -1.27. The first-order chi connectivity index (χ1) is 12.4. The van der Waals surface area contributed by atoms with Gasteiger partial charge in [0.2, 0.25) is 0 Å². The van der Waals surface area contributed by atoms with E-state index >= 15 is 0 Å². The highest BCUT2D eigenvalue weighted by Crippen LogP contribution is 2.40. The molecule has 26 heavy (non-hydrogen) atoms. The Morgan fingerprint density at radius 1 is 1.31 bits per heavy atom. The summed E-state index contributed by atoms with van der Waals surface area (Å²) in [5, 5.41) is 10.7. The summed E-state index contributed by atoms with van der Waals surface area (Å²) in [6.45, 7) is 4.99. The third-order valence-corrected chi connectivity index (χ3v) is 7.11. The number of likely N-dealkylation sites (N-methyl/N-ethyl adjacent to an activating group) is 1. The Morgan fingerprint density at radius 2 is 2.04 bits per heavy atom. The molecule has 0 bridgehead atoms. The number of hydrogen-bond acceptors (Lipinski definition) is 6. The summed E-state index contributed by atoms with van der Waals surface area (Å²) in [6.07, 6.45) is 0. The van der Waals surface area contributed by atoms with E-state index in [0.717, 1.165) is 47.3 Å². The minimum Gasteiger partial charge on any atom is -0.477 e. The second-order valence-corrected chi connectivity index (χ2v) is 8.43. The molecule has 3 aromatic rings. The molecular formula is C18H17BrN2O4S. The Labute approximate surface area is 161 Å². The van der Waals surface area contributed by atoms with Crippen LogP contribution in [-0.4, -0.2) is 54.1 Å². The number of carbonyl (C=O) groups is 1. The highest BCUT2D eigenvalue weighted by atomic mass is 79.9. The smallest absolute Gasteiger partial charge is 0.351 e. The Bertz CT molecular complexity index is 1070. The predicted octanol–water partition coefficient (Wildman–Crippen LogP) is 3.22. The van der Waals surface area contributed by atoms with Crippen molar-refractivity contribution in [3.63, 3.8) is 0 Å². The molecule has 6 nitrogen and oxygen atoms in total. The van der Waals surface area contributed by atoms with Crippen LogP contribution in [0.15, 0.2) is 31.9 Å². The van der Waals surface area contributed by atoms with Gasteiger partial charge < -0.3 is 14.4 Å². The van der Waals surface area contributed by atoms with Crippen LogP contribution in [0.5, 0.6) is 0 Å². The maximum Gasteiger partial charge on any atom is 0.351 e. The molecule has 2 aromatic heterocycles. The SMILES string of the molecule is CN1CCN(Cc2sc3c(ccc4cc(C(=O)O)c(=O)oc43)c2Br)CC1.